The summed E-state index contributed by atoms with van der Waals surface area (Å²) >= 11 is 0. The summed E-state index contributed by atoms with van der Waals surface area (Å²) in [4.78, 5) is 11.8. The average molecular weight is 248 g/mol. The van der Waals surface area contributed by atoms with Crippen LogP contribution < -0.4 is 11.1 Å². The fourth-order valence-electron chi connectivity index (χ4n) is 2.45. The third-order valence-electron chi connectivity index (χ3n) is 3.48. The Balaban J connectivity index is 1.86. The molecular weight excluding hydrogens is 228 g/mol. The van der Waals surface area contributed by atoms with Crippen LogP contribution in [-0.4, -0.2) is 18.5 Å². The van der Waals surface area contributed by atoms with Gasteiger partial charge in [0.1, 0.15) is 5.76 Å². The van der Waals surface area contributed by atoms with Gasteiger partial charge in [-0.3, -0.25) is 4.79 Å². The smallest absolute Gasteiger partial charge is 0.244 e. The summed E-state index contributed by atoms with van der Waals surface area (Å²) in [5.74, 6) is 1.03. The summed E-state index contributed by atoms with van der Waals surface area (Å²) in [6.45, 7) is 0.646. The lowest BCUT2D eigenvalue weighted by molar-refractivity contribution is -0.117. The van der Waals surface area contributed by atoms with Gasteiger partial charge in [-0.15, -0.1) is 0 Å². The normalized spacial score (nSPS) is 24.3. The predicted molar refractivity (Wildman–Crippen MR) is 70.7 cm³/mol. The lowest BCUT2D eigenvalue weighted by Crippen LogP contribution is -2.44. The Morgan fingerprint density at radius 2 is 2.33 bits per heavy atom. The molecule has 1 aromatic heterocycles. The molecule has 2 unspecified atom stereocenters. The van der Waals surface area contributed by atoms with Crippen LogP contribution in [0.2, 0.25) is 0 Å². The summed E-state index contributed by atoms with van der Waals surface area (Å²) in [5, 5.41) is 3.03. The van der Waals surface area contributed by atoms with E-state index in [1.807, 2.05) is 6.07 Å². The molecule has 1 aliphatic carbocycles. The maximum absolute atomic E-state index is 11.8. The zero-order valence-electron chi connectivity index (χ0n) is 10.5. The Hall–Kier alpha value is -1.55. The number of nitrogens with one attached hydrogen (secondary N) is 1. The van der Waals surface area contributed by atoms with Crippen LogP contribution >= 0.6 is 0 Å². The van der Waals surface area contributed by atoms with Crippen molar-refractivity contribution in [3.05, 3.63) is 30.2 Å². The number of nitrogens with two attached hydrogens (primary N) is 1. The molecule has 0 radical (unpaired) electrons. The molecule has 1 amide bonds. The van der Waals surface area contributed by atoms with Crippen molar-refractivity contribution in [3.8, 4) is 0 Å². The van der Waals surface area contributed by atoms with Crippen molar-refractivity contribution in [2.75, 3.05) is 6.54 Å². The molecule has 0 aliphatic heterocycles. The highest BCUT2D eigenvalue weighted by atomic mass is 16.3. The van der Waals surface area contributed by atoms with E-state index in [1.165, 1.54) is 18.9 Å². The van der Waals surface area contributed by atoms with E-state index >= 15 is 0 Å². The Kier molecular flexibility index (Phi) is 4.59. The average Bonchev–Trinajstić information content (AvgIpc) is 2.90. The molecule has 0 saturated heterocycles. The molecule has 18 heavy (non-hydrogen) atoms. The summed E-state index contributed by atoms with van der Waals surface area (Å²) in [7, 11) is 0. The van der Waals surface area contributed by atoms with E-state index in [0.29, 0.717) is 18.2 Å². The minimum atomic E-state index is -0.0725. The number of rotatable bonds is 4. The van der Waals surface area contributed by atoms with Crippen LogP contribution in [0.25, 0.3) is 6.08 Å². The molecule has 98 valence electrons. The summed E-state index contributed by atoms with van der Waals surface area (Å²) in [6.07, 6.45) is 9.31. The predicted octanol–water partition coefficient (Wildman–Crippen LogP) is 1.93. The second-order valence-electron chi connectivity index (χ2n) is 4.74. The van der Waals surface area contributed by atoms with Gasteiger partial charge in [-0.1, -0.05) is 12.8 Å². The highest BCUT2D eigenvalue weighted by Crippen LogP contribution is 2.23. The maximum Gasteiger partial charge on any atom is 0.244 e. The van der Waals surface area contributed by atoms with Crippen LogP contribution in [0.1, 0.15) is 31.4 Å². The highest BCUT2D eigenvalue weighted by Gasteiger charge is 2.24. The third-order valence-corrected chi connectivity index (χ3v) is 3.48. The first-order chi connectivity index (χ1) is 8.79. The van der Waals surface area contributed by atoms with Crippen LogP contribution in [0.15, 0.2) is 28.9 Å². The number of carbonyl (C=O) groups excluding carboxylic acids is 1. The molecule has 0 spiro atoms. The first-order valence-electron chi connectivity index (χ1n) is 6.51. The fraction of sp³-hybridized carbons (Fsp3) is 0.500. The van der Waals surface area contributed by atoms with E-state index < -0.39 is 0 Å². The Morgan fingerprint density at radius 3 is 3.06 bits per heavy atom. The van der Waals surface area contributed by atoms with Crippen molar-refractivity contribution in [2.24, 2.45) is 11.7 Å². The van der Waals surface area contributed by atoms with Gasteiger partial charge >= 0.3 is 0 Å². The number of furan rings is 1. The van der Waals surface area contributed by atoms with Gasteiger partial charge < -0.3 is 15.5 Å². The quantitative estimate of drug-likeness (QED) is 0.800. The van der Waals surface area contributed by atoms with Gasteiger partial charge in [0.2, 0.25) is 5.91 Å². The largest absolute Gasteiger partial charge is 0.465 e. The fourth-order valence-corrected chi connectivity index (χ4v) is 2.45. The first-order valence-corrected chi connectivity index (χ1v) is 6.51. The molecule has 1 heterocycles. The first kappa shape index (κ1) is 12.9. The standard InChI is InChI=1S/C14H20N2O2/c15-10-11-4-1-2-6-13(11)16-14(17)8-7-12-5-3-9-18-12/h3,5,7-9,11,13H,1-2,4,6,10,15H2,(H,16,17). The Bertz CT molecular complexity index is 398. The highest BCUT2D eigenvalue weighted by molar-refractivity contribution is 5.91. The van der Waals surface area contributed by atoms with E-state index in [0.717, 1.165) is 12.8 Å². The Labute approximate surface area is 107 Å². The molecule has 1 fully saturated rings. The van der Waals surface area contributed by atoms with Crippen LogP contribution in [0, 0.1) is 5.92 Å². The molecule has 0 aromatic carbocycles. The minimum Gasteiger partial charge on any atom is -0.465 e. The van der Waals surface area contributed by atoms with E-state index in [2.05, 4.69) is 5.32 Å². The lowest BCUT2D eigenvalue weighted by Gasteiger charge is -2.30. The zero-order chi connectivity index (χ0) is 12.8. The second kappa shape index (κ2) is 6.40. The second-order valence-corrected chi connectivity index (χ2v) is 4.74. The Morgan fingerprint density at radius 1 is 1.50 bits per heavy atom. The van der Waals surface area contributed by atoms with E-state index in [4.69, 9.17) is 10.2 Å². The molecule has 1 saturated carbocycles. The van der Waals surface area contributed by atoms with Gasteiger partial charge in [-0.25, -0.2) is 0 Å². The number of hydrogen-bond donors (Lipinski definition) is 2. The summed E-state index contributed by atoms with van der Waals surface area (Å²) in [5.41, 5.74) is 5.74. The molecule has 2 atom stereocenters. The van der Waals surface area contributed by atoms with Crippen molar-refractivity contribution >= 4 is 12.0 Å². The number of carbonyl (C=O) groups is 1. The third kappa shape index (κ3) is 3.47. The van der Waals surface area contributed by atoms with Gasteiger partial charge in [0.25, 0.3) is 0 Å². The van der Waals surface area contributed by atoms with Crippen molar-refractivity contribution in [1.29, 1.82) is 0 Å². The van der Waals surface area contributed by atoms with Gasteiger partial charge in [0.15, 0.2) is 0 Å². The van der Waals surface area contributed by atoms with E-state index in [1.54, 1.807) is 18.4 Å². The topological polar surface area (TPSA) is 68.3 Å². The molecule has 4 heteroatoms. The van der Waals surface area contributed by atoms with E-state index in [9.17, 15) is 4.79 Å². The molecule has 4 nitrogen and oxygen atoms in total. The van der Waals surface area contributed by atoms with Crippen molar-refractivity contribution < 1.29 is 9.21 Å². The van der Waals surface area contributed by atoms with Gasteiger partial charge in [-0.2, -0.15) is 0 Å². The van der Waals surface area contributed by atoms with Crippen LogP contribution in [0.4, 0.5) is 0 Å². The minimum absolute atomic E-state index is 0.0725. The maximum atomic E-state index is 11.8. The zero-order valence-corrected chi connectivity index (χ0v) is 10.5. The molecule has 2 rings (SSSR count). The molecule has 1 aliphatic rings. The number of amides is 1. The van der Waals surface area contributed by atoms with Crippen LogP contribution in [0.3, 0.4) is 0 Å². The molecule has 0 bridgehead atoms. The van der Waals surface area contributed by atoms with E-state index in [-0.39, 0.29) is 11.9 Å². The van der Waals surface area contributed by atoms with Crippen LogP contribution in [-0.2, 0) is 4.79 Å². The molecule has 3 N–H and O–H groups in total. The van der Waals surface area contributed by atoms with Crippen molar-refractivity contribution in [2.45, 2.75) is 31.7 Å². The van der Waals surface area contributed by atoms with Gasteiger partial charge in [-0.05, 0) is 43.5 Å². The van der Waals surface area contributed by atoms with Crippen molar-refractivity contribution in [3.63, 3.8) is 0 Å². The SMILES string of the molecule is NCC1CCCCC1NC(=O)C=Cc1ccco1. The monoisotopic (exact) mass is 248 g/mol. The van der Waals surface area contributed by atoms with Gasteiger partial charge in [0, 0.05) is 12.1 Å². The number of hydrogen-bond acceptors (Lipinski definition) is 3. The lowest BCUT2D eigenvalue weighted by atomic mass is 9.84. The van der Waals surface area contributed by atoms with Gasteiger partial charge in [0.05, 0.1) is 6.26 Å². The van der Waals surface area contributed by atoms with Crippen LogP contribution in [0.5, 0.6) is 0 Å². The molecule has 1 aromatic rings. The molecular formula is C14H20N2O2. The summed E-state index contributed by atoms with van der Waals surface area (Å²) < 4.78 is 5.13. The van der Waals surface area contributed by atoms with Crippen molar-refractivity contribution in [1.82, 2.24) is 5.32 Å². The summed E-state index contributed by atoms with van der Waals surface area (Å²) in [6, 6.07) is 3.83.